The normalized spacial score (nSPS) is 19.5. The van der Waals surface area contributed by atoms with Gasteiger partial charge in [-0.05, 0) is 59.4 Å². The molecular weight excluding hydrogens is 349 g/mol. The molecule has 0 aliphatic heterocycles. The Hall–Kier alpha value is -0.840. The number of ketones is 1. The summed E-state index contributed by atoms with van der Waals surface area (Å²) in [6, 6.07) is 8.16. The van der Waals surface area contributed by atoms with Gasteiger partial charge < -0.3 is 5.32 Å². The first-order valence-electron chi connectivity index (χ1n) is 6.79. The first-order chi connectivity index (χ1) is 9.04. The fraction of sp³-hybridized carbons (Fsp3) is 0.438. The van der Waals surface area contributed by atoms with Crippen LogP contribution in [0.25, 0.3) is 0 Å². The quantitative estimate of drug-likeness (QED) is 0.786. The lowest BCUT2D eigenvalue weighted by Gasteiger charge is -2.24. The van der Waals surface area contributed by atoms with Crippen molar-refractivity contribution in [2.24, 2.45) is 11.8 Å². The number of allylic oxidation sites excluding steroid dienone is 2. The second-order valence-electron chi connectivity index (χ2n) is 5.64. The Morgan fingerprint density at radius 3 is 2.74 bits per heavy atom. The Morgan fingerprint density at radius 1 is 1.32 bits per heavy atom. The van der Waals surface area contributed by atoms with Gasteiger partial charge in [0, 0.05) is 21.8 Å². The number of para-hydroxylation sites is 1. The van der Waals surface area contributed by atoms with Crippen molar-refractivity contribution in [3.63, 3.8) is 0 Å². The highest BCUT2D eigenvalue weighted by Gasteiger charge is 2.21. The first kappa shape index (κ1) is 14.6. The van der Waals surface area contributed by atoms with E-state index in [0.717, 1.165) is 24.2 Å². The van der Waals surface area contributed by atoms with Gasteiger partial charge in [-0.3, -0.25) is 4.79 Å². The molecule has 1 aromatic rings. The average molecular weight is 369 g/mol. The minimum absolute atomic E-state index is 0.255. The molecule has 0 amide bonds. The summed E-state index contributed by atoms with van der Waals surface area (Å²) in [4.78, 5) is 11.8. The van der Waals surface area contributed by atoms with Crippen molar-refractivity contribution < 1.29 is 4.79 Å². The van der Waals surface area contributed by atoms with Crippen molar-refractivity contribution in [1.29, 1.82) is 0 Å². The number of rotatable bonds is 4. The molecule has 102 valence electrons. The zero-order valence-electron chi connectivity index (χ0n) is 11.4. The minimum Gasteiger partial charge on any atom is -0.358 e. The third-order valence-corrected chi connectivity index (χ3v) is 4.25. The van der Waals surface area contributed by atoms with Gasteiger partial charge in [0.15, 0.2) is 5.78 Å². The van der Waals surface area contributed by atoms with Gasteiger partial charge in [0.2, 0.25) is 0 Å². The molecule has 0 bridgehead atoms. The van der Waals surface area contributed by atoms with E-state index < -0.39 is 0 Å². The maximum Gasteiger partial charge on any atom is 0.157 e. The maximum atomic E-state index is 11.8. The van der Waals surface area contributed by atoms with Crippen LogP contribution in [0.5, 0.6) is 0 Å². The van der Waals surface area contributed by atoms with Crippen molar-refractivity contribution in [1.82, 2.24) is 0 Å². The van der Waals surface area contributed by atoms with Crippen LogP contribution in [0, 0.1) is 15.4 Å². The Labute approximate surface area is 128 Å². The van der Waals surface area contributed by atoms with Gasteiger partial charge in [0.1, 0.15) is 0 Å². The van der Waals surface area contributed by atoms with E-state index in [2.05, 4.69) is 53.9 Å². The van der Waals surface area contributed by atoms with Gasteiger partial charge >= 0.3 is 0 Å². The highest BCUT2D eigenvalue weighted by Crippen LogP contribution is 2.29. The van der Waals surface area contributed by atoms with Crippen LogP contribution in [0.4, 0.5) is 5.69 Å². The van der Waals surface area contributed by atoms with Crippen LogP contribution in [-0.4, -0.2) is 5.78 Å². The van der Waals surface area contributed by atoms with Crippen LogP contribution in [0.1, 0.15) is 33.1 Å². The molecule has 0 saturated heterocycles. The Kier molecular flexibility index (Phi) is 5.02. The van der Waals surface area contributed by atoms with E-state index in [-0.39, 0.29) is 5.78 Å². The monoisotopic (exact) mass is 369 g/mol. The average Bonchev–Trinajstić information content (AvgIpc) is 2.30. The van der Waals surface area contributed by atoms with Crippen molar-refractivity contribution in [3.05, 3.63) is 39.6 Å². The van der Waals surface area contributed by atoms with Gasteiger partial charge in [-0.15, -0.1) is 0 Å². The molecule has 0 radical (unpaired) electrons. The molecule has 2 rings (SSSR count). The molecule has 0 unspecified atom stereocenters. The van der Waals surface area contributed by atoms with Crippen molar-refractivity contribution >= 4 is 34.1 Å². The van der Waals surface area contributed by atoms with Crippen molar-refractivity contribution in [3.8, 4) is 0 Å². The number of carbonyl (C=O) groups excluding carboxylic acids is 1. The predicted octanol–water partition coefficient (Wildman–Crippen LogP) is 4.61. The minimum atomic E-state index is 0.255. The largest absolute Gasteiger partial charge is 0.358 e. The van der Waals surface area contributed by atoms with Gasteiger partial charge in [-0.2, -0.15) is 0 Å². The predicted molar refractivity (Wildman–Crippen MR) is 88.1 cm³/mol. The smallest absolute Gasteiger partial charge is 0.157 e. The summed E-state index contributed by atoms with van der Waals surface area (Å²) in [6.07, 6.45) is 4.58. The van der Waals surface area contributed by atoms with Gasteiger partial charge in [0.25, 0.3) is 0 Å². The zero-order valence-corrected chi connectivity index (χ0v) is 13.6. The van der Waals surface area contributed by atoms with E-state index in [1.54, 1.807) is 6.08 Å². The topological polar surface area (TPSA) is 29.1 Å². The van der Waals surface area contributed by atoms with Crippen LogP contribution in [0.2, 0.25) is 0 Å². The number of hydrogen-bond donors (Lipinski definition) is 1. The van der Waals surface area contributed by atoms with Crippen LogP contribution in [0.15, 0.2) is 36.0 Å². The summed E-state index contributed by atoms with van der Waals surface area (Å²) in [5.74, 6) is 1.39. The first-order valence-corrected chi connectivity index (χ1v) is 7.87. The molecule has 1 aromatic carbocycles. The van der Waals surface area contributed by atoms with Crippen LogP contribution < -0.4 is 5.32 Å². The lowest BCUT2D eigenvalue weighted by molar-refractivity contribution is -0.116. The fourth-order valence-electron chi connectivity index (χ4n) is 2.64. The summed E-state index contributed by atoms with van der Waals surface area (Å²) >= 11 is 2.31. The maximum absolute atomic E-state index is 11.8. The molecule has 1 atom stereocenters. The second-order valence-corrected chi connectivity index (χ2v) is 6.81. The molecule has 0 saturated carbocycles. The number of carbonyl (C=O) groups is 1. The van der Waals surface area contributed by atoms with Crippen LogP contribution >= 0.6 is 22.6 Å². The molecule has 0 heterocycles. The molecule has 3 heteroatoms. The van der Waals surface area contributed by atoms with E-state index in [9.17, 15) is 4.79 Å². The van der Waals surface area contributed by atoms with Crippen LogP contribution in [-0.2, 0) is 4.79 Å². The number of hydrogen-bond acceptors (Lipinski definition) is 2. The van der Waals surface area contributed by atoms with Gasteiger partial charge in [-0.25, -0.2) is 0 Å². The third-order valence-electron chi connectivity index (χ3n) is 3.31. The van der Waals surface area contributed by atoms with Gasteiger partial charge in [0.05, 0.1) is 5.69 Å². The highest BCUT2D eigenvalue weighted by atomic mass is 127. The molecule has 0 spiro atoms. The number of nitrogens with one attached hydrogen (secondary N) is 1. The SMILES string of the molecule is CC(C)C[C@H]1CC(=O)C=C(Nc2ccccc2I)C1. The number of anilines is 1. The molecule has 19 heavy (non-hydrogen) atoms. The van der Waals surface area contributed by atoms with Crippen molar-refractivity contribution in [2.75, 3.05) is 5.32 Å². The molecule has 1 aliphatic rings. The molecule has 0 aromatic heterocycles. The van der Waals surface area contributed by atoms with E-state index in [0.29, 0.717) is 18.3 Å². The van der Waals surface area contributed by atoms with E-state index in [1.807, 2.05) is 12.1 Å². The standard InChI is InChI=1S/C16H20INO/c1-11(2)7-12-8-13(10-14(19)9-12)18-16-6-4-3-5-15(16)17/h3-6,10-12,18H,7-9H2,1-2H3/t12-/m1/s1. The summed E-state index contributed by atoms with van der Waals surface area (Å²) in [7, 11) is 0. The summed E-state index contributed by atoms with van der Waals surface area (Å²) < 4.78 is 1.18. The molecule has 0 fully saturated rings. The Balaban J connectivity index is 2.08. The van der Waals surface area contributed by atoms with Crippen LogP contribution in [0.3, 0.4) is 0 Å². The highest BCUT2D eigenvalue weighted by molar-refractivity contribution is 14.1. The molecule has 2 nitrogen and oxygen atoms in total. The Bertz CT molecular complexity index is 493. The van der Waals surface area contributed by atoms with Crippen molar-refractivity contribution in [2.45, 2.75) is 33.1 Å². The summed E-state index contributed by atoms with van der Waals surface area (Å²) in [5, 5.41) is 3.42. The van der Waals surface area contributed by atoms with E-state index >= 15 is 0 Å². The zero-order chi connectivity index (χ0) is 13.8. The third kappa shape index (κ3) is 4.34. The summed E-state index contributed by atoms with van der Waals surface area (Å²) in [6.45, 7) is 4.44. The Morgan fingerprint density at radius 2 is 2.05 bits per heavy atom. The lowest BCUT2D eigenvalue weighted by Crippen LogP contribution is -2.19. The molecule has 1 N–H and O–H groups in total. The second kappa shape index (κ2) is 6.55. The lowest BCUT2D eigenvalue weighted by atomic mass is 9.85. The molecular formula is C16H20INO. The number of halogens is 1. The van der Waals surface area contributed by atoms with E-state index in [4.69, 9.17) is 0 Å². The van der Waals surface area contributed by atoms with E-state index in [1.165, 1.54) is 3.57 Å². The van der Waals surface area contributed by atoms with Gasteiger partial charge in [-0.1, -0.05) is 26.0 Å². The molecule has 1 aliphatic carbocycles. The summed E-state index contributed by atoms with van der Waals surface area (Å²) in [5.41, 5.74) is 2.15. The number of benzene rings is 1. The fourth-order valence-corrected chi connectivity index (χ4v) is 3.16.